The summed E-state index contributed by atoms with van der Waals surface area (Å²) in [4.78, 5) is 16.3. The molecule has 1 aromatic heterocycles. The summed E-state index contributed by atoms with van der Waals surface area (Å²) < 4.78 is 43.0. The highest BCUT2D eigenvalue weighted by atomic mass is 35.5. The number of fused-ring (bicyclic) bond motifs is 1. The van der Waals surface area contributed by atoms with Crippen molar-refractivity contribution < 1.29 is 22.9 Å². The molecule has 0 saturated carbocycles. The molecule has 0 aliphatic carbocycles. The third-order valence-corrected chi connectivity index (χ3v) is 7.39. The Morgan fingerprint density at radius 3 is 2.42 bits per heavy atom. The maximum Gasteiger partial charge on any atom is 0.410 e. The highest BCUT2D eigenvalue weighted by Crippen LogP contribution is 2.46. The zero-order chi connectivity index (χ0) is 25.4. The van der Waals surface area contributed by atoms with Crippen molar-refractivity contribution in [2.24, 2.45) is 0 Å². The number of anilines is 1. The van der Waals surface area contributed by atoms with Crippen molar-refractivity contribution in [3.05, 3.63) is 82.0 Å². The summed E-state index contributed by atoms with van der Waals surface area (Å²) in [6, 6.07) is 15.0. The second-order valence-electron chi connectivity index (χ2n) is 9.56. The number of hydrogen-bond donors (Lipinski definition) is 2. The molecule has 2 N–H and O–H groups in total. The lowest BCUT2D eigenvalue weighted by Gasteiger charge is -2.33. The number of piperazine rings is 1. The standard InChI is InChI=1S/C26H27ClF3N5O/c1-17-7-9-19(10-8-17)20-15-21(26(28,29)30)35-24(31-20)22(27)23(32-35)25(36)34-13-11-33(12-14-34)16-18-5-3-2-4-6-18/h2-10,20-21,31H,11-16H2,1H3/p+1/t20-,21-/m0/s1. The zero-order valence-corrected chi connectivity index (χ0v) is 20.6. The van der Waals surface area contributed by atoms with Crippen LogP contribution in [0.2, 0.25) is 5.02 Å². The third kappa shape index (κ3) is 4.95. The first kappa shape index (κ1) is 24.6. The van der Waals surface area contributed by atoms with E-state index in [-0.39, 0.29) is 23.0 Å². The highest BCUT2D eigenvalue weighted by molar-refractivity contribution is 6.36. The predicted molar refractivity (Wildman–Crippen MR) is 131 cm³/mol. The number of amides is 1. The number of aromatic nitrogens is 2. The van der Waals surface area contributed by atoms with E-state index in [1.54, 1.807) is 4.90 Å². The van der Waals surface area contributed by atoms with Crippen molar-refractivity contribution >= 4 is 23.3 Å². The van der Waals surface area contributed by atoms with Gasteiger partial charge in [0.25, 0.3) is 5.91 Å². The molecule has 1 saturated heterocycles. The summed E-state index contributed by atoms with van der Waals surface area (Å²) >= 11 is 6.52. The van der Waals surface area contributed by atoms with Crippen LogP contribution in [0.3, 0.4) is 0 Å². The number of rotatable bonds is 4. The molecule has 6 nitrogen and oxygen atoms in total. The van der Waals surface area contributed by atoms with Gasteiger partial charge in [-0.2, -0.15) is 18.3 Å². The van der Waals surface area contributed by atoms with Gasteiger partial charge in [-0.05, 0) is 12.5 Å². The number of hydrogen-bond acceptors (Lipinski definition) is 3. The second-order valence-corrected chi connectivity index (χ2v) is 9.94. The van der Waals surface area contributed by atoms with Gasteiger partial charge in [0.15, 0.2) is 11.7 Å². The van der Waals surface area contributed by atoms with Gasteiger partial charge in [-0.1, -0.05) is 71.8 Å². The molecule has 0 unspecified atom stereocenters. The average molecular weight is 519 g/mol. The van der Waals surface area contributed by atoms with Crippen LogP contribution in [0.15, 0.2) is 54.6 Å². The molecule has 3 aromatic rings. The minimum absolute atomic E-state index is 0.0347. The molecule has 10 heteroatoms. The molecule has 2 aromatic carbocycles. The summed E-state index contributed by atoms with van der Waals surface area (Å²) in [6.07, 6.45) is -4.78. The summed E-state index contributed by atoms with van der Waals surface area (Å²) in [7, 11) is 0. The normalized spacial score (nSPS) is 20.6. The van der Waals surface area contributed by atoms with Crippen LogP contribution in [0.1, 0.15) is 45.7 Å². The van der Waals surface area contributed by atoms with Gasteiger partial charge in [-0.3, -0.25) is 4.79 Å². The number of halogens is 4. The molecule has 3 heterocycles. The Morgan fingerprint density at radius 2 is 1.78 bits per heavy atom. The quantitative estimate of drug-likeness (QED) is 0.548. The number of aryl methyl sites for hydroxylation is 1. The van der Waals surface area contributed by atoms with E-state index >= 15 is 0 Å². The van der Waals surface area contributed by atoms with Crippen LogP contribution in [-0.2, 0) is 6.54 Å². The van der Waals surface area contributed by atoms with Crippen LogP contribution in [0.4, 0.5) is 19.0 Å². The first-order chi connectivity index (χ1) is 17.2. The van der Waals surface area contributed by atoms with E-state index in [9.17, 15) is 18.0 Å². The number of carbonyl (C=O) groups is 1. The Balaban J connectivity index is 1.35. The molecular weight excluding hydrogens is 491 g/mol. The van der Waals surface area contributed by atoms with Crippen LogP contribution < -0.4 is 10.2 Å². The van der Waals surface area contributed by atoms with Crippen molar-refractivity contribution in [2.45, 2.75) is 38.1 Å². The number of nitrogens with one attached hydrogen (secondary N) is 2. The molecule has 1 amide bonds. The lowest BCUT2D eigenvalue weighted by molar-refractivity contribution is -0.917. The highest BCUT2D eigenvalue weighted by Gasteiger charge is 2.48. The van der Waals surface area contributed by atoms with Gasteiger partial charge < -0.3 is 15.1 Å². The van der Waals surface area contributed by atoms with Crippen LogP contribution in [0.5, 0.6) is 0 Å². The number of alkyl halides is 3. The Bertz CT molecular complexity index is 1220. The van der Waals surface area contributed by atoms with Crippen molar-refractivity contribution in [2.75, 3.05) is 31.5 Å². The maximum absolute atomic E-state index is 14.1. The minimum Gasteiger partial charge on any atom is -0.362 e. The molecule has 0 spiro atoms. The van der Waals surface area contributed by atoms with Crippen LogP contribution in [-0.4, -0.2) is 52.9 Å². The number of carbonyl (C=O) groups excluding carboxylic acids is 1. The molecule has 36 heavy (non-hydrogen) atoms. The van der Waals surface area contributed by atoms with E-state index in [1.807, 2.05) is 49.4 Å². The Morgan fingerprint density at radius 1 is 1.11 bits per heavy atom. The smallest absolute Gasteiger partial charge is 0.362 e. The van der Waals surface area contributed by atoms with E-state index in [0.29, 0.717) is 13.1 Å². The molecule has 2 aliphatic heterocycles. The van der Waals surface area contributed by atoms with E-state index < -0.39 is 24.2 Å². The van der Waals surface area contributed by atoms with E-state index in [0.717, 1.165) is 35.4 Å². The SMILES string of the molecule is Cc1ccc([C@@H]2C[C@@H](C(F)(F)F)n3nc(C(=O)N4CC[NH+](Cc5ccccc5)CC4)c(Cl)c3N2)cc1. The third-order valence-electron chi connectivity index (χ3n) is 7.03. The lowest BCUT2D eigenvalue weighted by Crippen LogP contribution is -3.13. The zero-order valence-electron chi connectivity index (χ0n) is 19.9. The van der Waals surface area contributed by atoms with Gasteiger partial charge >= 0.3 is 6.18 Å². The first-order valence-corrected chi connectivity index (χ1v) is 12.4. The van der Waals surface area contributed by atoms with Gasteiger partial charge in [0.1, 0.15) is 17.4 Å². The Labute approximate surface area is 212 Å². The van der Waals surface area contributed by atoms with Gasteiger partial charge in [0, 0.05) is 12.0 Å². The molecule has 190 valence electrons. The van der Waals surface area contributed by atoms with Gasteiger partial charge in [0.2, 0.25) is 0 Å². The Hall–Kier alpha value is -3.04. The molecule has 2 aliphatic rings. The molecular formula is C26H28ClF3N5O+. The van der Waals surface area contributed by atoms with Crippen molar-refractivity contribution in [1.29, 1.82) is 0 Å². The molecule has 5 rings (SSSR count). The first-order valence-electron chi connectivity index (χ1n) is 12.1. The minimum atomic E-state index is -4.54. The summed E-state index contributed by atoms with van der Waals surface area (Å²) in [5.74, 6) is -0.400. The maximum atomic E-state index is 14.1. The Kier molecular flexibility index (Phi) is 6.70. The fourth-order valence-electron chi connectivity index (χ4n) is 4.98. The van der Waals surface area contributed by atoms with Gasteiger partial charge in [0.05, 0.1) is 32.2 Å². The molecule has 0 radical (unpaired) electrons. The van der Waals surface area contributed by atoms with E-state index in [2.05, 4.69) is 22.5 Å². The van der Waals surface area contributed by atoms with Crippen molar-refractivity contribution in [3.63, 3.8) is 0 Å². The predicted octanol–water partition coefficient (Wildman–Crippen LogP) is 4.05. The van der Waals surface area contributed by atoms with Crippen LogP contribution in [0, 0.1) is 6.92 Å². The monoisotopic (exact) mass is 518 g/mol. The molecule has 0 bridgehead atoms. The largest absolute Gasteiger partial charge is 0.410 e. The topological polar surface area (TPSA) is 54.6 Å². The average Bonchev–Trinajstić information content (AvgIpc) is 3.20. The van der Waals surface area contributed by atoms with Crippen molar-refractivity contribution in [3.8, 4) is 0 Å². The van der Waals surface area contributed by atoms with Crippen LogP contribution in [0.25, 0.3) is 0 Å². The summed E-state index contributed by atoms with van der Waals surface area (Å²) in [6.45, 7) is 5.24. The second kappa shape index (κ2) is 9.78. The van der Waals surface area contributed by atoms with Gasteiger partial charge in [-0.15, -0.1) is 0 Å². The van der Waals surface area contributed by atoms with E-state index in [4.69, 9.17) is 11.6 Å². The fourth-order valence-corrected chi connectivity index (χ4v) is 5.24. The fraction of sp³-hybridized carbons (Fsp3) is 0.385. The molecule has 1 fully saturated rings. The lowest BCUT2D eigenvalue weighted by atomic mass is 9.96. The van der Waals surface area contributed by atoms with Crippen LogP contribution >= 0.6 is 11.6 Å². The van der Waals surface area contributed by atoms with Crippen molar-refractivity contribution in [1.82, 2.24) is 14.7 Å². The number of quaternary nitrogens is 1. The number of nitrogens with zero attached hydrogens (tertiary/aromatic N) is 3. The summed E-state index contributed by atoms with van der Waals surface area (Å²) in [5.41, 5.74) is 2.83. The molecule has 2 atom stereocenters. The van der Waals surface area contributed by atoms with E-state index in [1.165, 1.54) is 10.5 Å². The number of benzene rings is 2. The summed E-state index contributed by atoms with van der Waals surface area (Å²) in [5, 5.41) is 7.15. The van der Waals surface area contributed by atoms with Gasteiger partial charge in [-0.25, -0.2) is 4.68 Å².